The predicted octanol–water partition coefficient (Wildman–Crippen LogP) is 2.69. The van der Waals surface area contributed by atoms with Gasteiger partial charge in [0, 0.05) is 24.5 Å². The monoisotopic (exact) mass is 806 g/mol. The molecule has 0 aromatic heterocycles. The van der Waals surface area contributed by atoms with E-state index in [2.05, 4.69) is 10.6 Å². The first-order valence-corrected chi connectivity index (χ1v) is 12.3. The summed E-state index contributed by atoms with van der Waals surface area (Å²) in [7, 11) is 1.35. The zero-order valence-electron chi connectivity index (χ0n) is 17.0. The van der Waals surface area contributed by atoms with Gasteiger partial charge in [0.05, 0.1) is 30.5 Å². The third kappa shape index (κ3) is 8.53. The standard InChI is InChI=1S/C18H18ClI3N2O8/c1-7(25)31-5-9(32-8(2)26)4-23-18(29)12-13(20)11(17(19)28)14(21)16(15(12)22)24-10(27)6-30-3/h9H,4-6H2,1-3H3,(H,23,29)(H,24,27). The minimum absolute atomic E-state index is 0.0580. The Balaban J connectivity index is 3.30. The Morgan fingerprint density at radius 1 is 0.969 bits per heavy atom. The Labute approximate surface area is 229 Å². The number of hydrogen-bond acceptors (Lipinski definition) is 8. The number of carbonyl (C=O) groups is 5. The third-order valence-corrected chi connectivity index (χ3v) is 7.00. The molecule has 1 aromatic carbocycles. The van der Waals surface area contributed by atoms with Gasteiger partial charge in [-0.15, -0.1) is 0 Å². The number of benzene rings is 1. The van der Waals surface area contributed by atoms with Crippen molar-refractivity contribution < 1.29 is 38.2 Å². The van der Waals surface area contributed by atoms with Crippen LogP contribution < -0.4 is 10.6 Å². The molecule has 2 amide bonds. The highest BCUT2D eigenvalue weighted by Crippen LogP contribution is 2.36. The number of ether oxygens (including phenoxy) is 3. The van der Waals surface area contributed by atoms with Gasteiger partial charge in [-0.25, -0.2) is 0 Å². The highest BCUT2D eigenvalue weighted by atomic mass is 127. The molecule has 0 radical (unpaired) electrons. The van der Waals surface area contributed by atoms with Crippen LogP contribution in [0.3, 0.4) is 0 Å². The lowest BCUT2D eigenvalue weighted by Gasteiger charge is -2.20. The van der Waals surface area contributed by atoms with Crippen LogP contribution in [0.25, 0.3) is 0 Å². The lowest BCUT2D eigenvalue weighted by molar-refractivity contribution is -0.155. The summed E-state index contributed by atoms with van der Waals surface area (Å²) in [5, 5.41) is 4.40. The van der Waals surface area contributed by atoms with E-state index in [9.17, 15) is 24.0 Å². The van der Waals surface area contributed by atoms with Crippen molar-refractivity contribution >= 4 is 114 Å². The van der Waals surface area contributed by atoms with Gasteiger partial charge in [-0.05, 0) is 79.4 Å². The van der Waals surface area contributed by atoms with Gasteiger partial charge in [-0.1, -0.05) is 0 Å². The Bertz CT molecular complexity index is 942. The van der Waals surface area contributed by atoms with Crippen molar-refractivity contribution in [1.29, 1.82) is 0 Å². The minimum atomic E-state index is -0.922. The molecule has 1 aromatic rings. The minimum Gasteiger partial charge on any atom is -0.462 e. The maximum Gasteiger partial charge on any atom is 0.303 e. The van der Waals surface area contributed by atoms with Crippen LogP contribution in [-0.2, 0) is 28.6 Å². The molecule has 0 aliphatic rings. The van der Waals surface area contributed by atoms with Gasteiger partial charge in [-0.3, -0.25) is 24.0 Å². The van der Waals surface area contributed by atoms with E-state index in [4.69, 9.17) is 25.8 Å². The van der Waals surface area contributed by atoms with E-state index >= 15 is 0 Å². The van der Waals surface area contributed by atoms with Crippen molar-refractivity contribution in [2.24, 2.45) is 0 Å². The van der Waals surface area contributed by atoms with E-state index in [1.54, 1.807) is 0 Å². The van der Waals surface area contributed by atoms with E-state index in [1.807, 2.05) is 67.8 Å². The van der Waals surface area contributed by atoms with Gasteiger partial charge in [0.2, 0.25) is 5.91 Å². The summed E-state index contributed by atoms with van der Waals surface area (Å²) in [6.07, 6.45) is -0.922. The van der Waals surface area contributed by atoms with Gasteiger partial charge in [0.15, 0.2) is 6.10 Å². The molecule has 1 rings (SSSR count). The number of rotatable bonds is 10. The summed E-state index contributed by atoms with van der Waals surface area (Å²) in [4.78, 5) is 59.5. The Morgan fingerprint density at radius 3 is 2.06 bits per heavy atom. The quantitative estimate of drug-likeness (QED) is 0.210. The summed E-state index contributed by atoms with van der Waals surface area (Å²) >= 11 is 11.3. The Morgan fingerprint density at radius 2 is 1.56 bits per heavy atom. The molecule has 2 N–H and O–H groups in total. The van der Waals surface area contributed by atoms with Crippen LogP contribution in [0.4, 0.5) is 5.69 Å². The largest absolute Gasteiger partial charge is 0.462 e. The van der Waals surface area contributed by atoms with Crippen LogP contribution >= 0.6 is 79.4 Å². The first kappa shape index (κ1) is 29.2. The zero-order valence-corrected chi connectivity index (χ0v) is 24.2. The predicted molar refractivity (Wildman–Crippen MR) is 140 cm³/mol. The molecular weight excluding hydrogens is 788 g/mol. The summed E-state index contributed by atoms with van der Waals surface area (Å²) in [5.74, 6) is -2.29. The Hall–Kier alpha value is -0.790. The zero-order chi connectivity index (χ0) is 24.6. The first-order chi connectivity index (χ1) is 14.9. The van der Waals surface area contributed by atoms with E-state index in [1.165, 1.54) is 21.0 Å². The second-order valence-corrected chi connectivity index (χ2v) is 9.65. The fraction of sp³-hybridized carbons (Fsp3) is 0.389. The van der Waals surface area contributed by atoms with Gasteiger partial charge in [0.1, 0.15) is 13.2 Å². The number of halogens is 4. The van der Waals surface area contributed by atoms with Crippen LogP contribution in [0.15, 0.2) is 0 Å². The van der Waals surface area contributed by atoms with Crippen molar-refractivity contribution in [2.45, 2.75) is 20.0 Å². The average Bonchev–Trinajstić information content (AvgIpc) is 2.66. The van der Waals surface area contributed by atoms with Gasteiger partial charge in [-0.2, -0.15) is 0 Å². The molecule has 176 valence electrons. The number of methoxy groups -OCH3 is 1. The van der Waals surface area contributed by atoms with Crippen LogP contribution in [-0.4, -0.2) is 62.0 Å². The highest BCUT2D eigenvalue weighted by Gasteiger charge is 2.28. The van der Waals surface area contributed by atoms with Crippen molar-refractivity contribution in [3.63, 3.8) is 0 Å². The molecule has 0 fully saturated rings. The number of esters is 2. The highest BCUT2D eigenvalue weighted by molar-refractivity contribution is 14.1. The molecule has 14 heteroatoms. The van der Waals surface area contributed by atoms with E-state index in [0.29, 0.717) is 7.14 Å². The fourth-order valence-electron chi connectivity index (χ4n) is 2.33. The van der Waals surface area contributed by atoms with E-state index < -0.39 is 35.1 Å². The van der Waals surface area contributed by atoms with Crippen molar-refractivity contribution in [3.8, 4) is 0 Å². The molecule has 10 nitrogen and oxygen atoms in total. The molecule has 0 heterocycles. The molecule has 0 saturated carbocycles. The molecule has 1 unspecified atom stereocenters. The number of nitrogens with one attached hydrogen (secondary N) is 2. The van der Waals surface area contributed by atoms with Crippen LogP contribution in [0.1, 0.15) is 34.6 Å². The normalized spacial score (nSPS) is 11.3. The molecular formula is C18H18ClI3N2O8. The molecule has 0 aliphatic heterocycles. The number of hydrogen-bond donors (Lipinski definition) is 2. The van der Waals surface area contributed by atoms with Crippen LogP contribution in [0.2, 0.25) is 0 Å². The summed E-state index contributed by atoms with van der Waals surface area (Å²) in [6, 6.07) is 0. The maximum atomic E-state index is 13.0. The Kier molecular flexibility index (Phi) is 12.6. The second-order valence-electron chi connectivity index (χ2n) is 6.07. The first-order valence-electron chi connectivity index (χ1n) is 8.68. The summed E-state index contributed by atoms with van der Waals surface area (Å²) in [6.45, 7) is 1.73. The maximum absolute atomic E-state index is 13.0. The molecule has 32 heavy (non-hydrogen) atoms. The SMILES string of the molecule is COCC(=O)Nc1c(I)c(C(=O)Cl)c(I)c(C(=O)NCC(COC(C)=O)OC(C)=O)c1I. The second kappa shape index (κ2) is 13.8. The smallest absolute Gasteiger partial charge is 0.303 e. The van der Waals surface area contributed by atoms with E-state index in [0.717, 1.165) is 0 Å². The van der Waals surface area contributed by atoms with E-state index in [-0.39, 0.29) is 40.1 Å². The third-order valence-electron chi connectivity index (χ3n) is 3.58. The lowest BCUT2D eigenvalue weighted by atomic mass is 10.1. The molecule has 0 aliphatic carbocycles. The molecule has 0 spiro atoms. The van der Waals surface area contributed by atoms with Gasteiger partial charge < -0.3 is 24.8 Å². The average molecular weight is 807 g/mol. The number of amides is 2. The number of anilines is 1. The summed E-state index contributed by atoms with van der Waals surface area (Å²) < 4.78 is 15.7. The van der Waals surface area contributed by atoms with Crippen molar-refractivity contribution in [3.05, 3.63) is 21.8 Å². The topological polar surface area (TPSA) is 137 Å². The molecule has 1 atom stereocenters. The molecule has 0 bridgehead atoms. The fourth-order valence-corrected chi connectivity index (χ4v) is 7.25. The van der Waals surface area contributed by atoms with Crippen LogP contribution in [0, 0.1) is 10.7 Å². The summed E-state index contributed by atoms with van der Waals surface area (Å²) in [5.41, 5.74) is 0.388. The van der Waals surface area contributed by atoms with Gasteiger partial charge >= 0.3 is 11.9 Å². The van der Waals surface area contributed by atoms with Crippen LogP contribution in [0.5, 0.6) is 0 Å². The van der Waals surface area contributed by atoms with Crippen molar-refractivity contribution in [2.75, 3.05) is 32.2 Å². The van der Waals surface area contributed by atoms with Gasteiger partial charge in [0.25, 0.3) is 11.1 Å². The lowest BCUT2D eigenvalue weighted by Crippen LogP contribution is -2.38. The number of carbonyl (C=O) groups excluding carboxylic acids is 5. The molecule has 0 saturated heterocycles. The van der Waals surface area contributed by atoms with Crippen molar-refractivity contribution in [1.82, 2.24) is 5.32 Å².